The summed E-state index contributed by atoms with van der Waals surface area (Å²) in [6.07, 6.45) is 4.94. The van der Waals surface area contributed by atoms with Gasteiger partial charge in [-0.1, -0.05) is 64.8 Å². The third kappa shape index (κ3) is 4.05. The summed E-state index contributed by atoms with van der Waals surface area (Å²) in [6, 6.07) is 19.6. The molecule has 0 aliphatic carbocycles. The van der Waals surface area contributed by atoms with Crippen molar-refractivity contribution < 1.29 is 4.52 Å². The summed E-state index contributed by atoms with van der Waals surface area (Å²) in [5.41, 5.74) is 4.81. The van der Waals surface area contributed by atoms with Gasteiger partial charge in [-0.3, -0.25) is 4.98 Å². The first-order valence-corrected chi connectivity index (χ1v) is 9.32. The van der Waals surface area contributed by atoms with Crippen LogP contribution in [0.25, 0.3) is 11.3 Å². The molecule has 0 radical (unpaired) electrons. The maximum Gasteiger partial charge on any atom is 0.145 e. The van der Waals surface area contributed by atoms with E-state index in [2.05, 4.69) is 22.3 Å². The molecule has 3 nitrogen and oxygen atoms in total. The Balaban J connectivity index is 1.78. The van der Waals surface area contributed by atoms with Gasteiger partial charge in [-0.15, -0.1) is 0 Å². The molecule has 0 amide bonds. The molecule has 0 saturated carbocycles. The third-order valence-corrected chi connectivity index (χ3v) is 4.91. The molecule has 0 spiro atoms. The minimum absolute atomic E-state index is 0.550. The summed E-state index contributed by atoms with van der Waals surface area (Å²) in [5, 5.41) is 5.49. The molecule has 0 N–H and O–H groups in total. The van der Waals surface area contributed by atoms with Crippen molar-refractivity contribution in [3.8, 4) is 11.3 Å². The monoisotopic (exact) mass is 394 g/mol. The van der Waals surface area contributed by atoms with E-state index in [-0.39, 0.29) is 0 Å². The van der Waals surface area contributed by atoms with Crippen LogP contribution in [0, 0.1) is 0 Å². The van der Waals surface area contributed by atoms with Gasteiger partial charge in [0.25, 0.3) is 0 Å². The first-order chi connectivity index (χ1) is 13.2. The molecule has 0 bridgehead atoms. The minimum Gasteiger partial charge on any atom is -0.360 e. The van der Waals surface area contributed by atoms with E-state index in [1.54, 1.807) is 12.3 Å². The Morgan fingerprint density at radius 3 is 2.41 bits per heavy atom. The zero-order valence-corrected chi connectivity index (χ0v) is 15.9. The number of nitrogens with zero attached hydrogens (tertiary/aromatic N) is 2. The molecular formula is C22H16Cl2N2O. The fraction of sp³-hybridized carbons (Fsp3) is 0.0909. The molecule has 0 fully saturated rings. The van der Waals surface area contributed by atoms with Gasteiger partial charge >= 0.3 is 0 Å². The number of hydrogen-bond acceptors (Lipinski definition) is 3. The molecule has 0 aliphatic rings. The smallest absolute Gasteiger partial charge is 0.145 e. The second kappa shape index (κ2) is 7.95. The molecule has 2 heterocycles. The fourth-order valence-electron chi connectivity index (χ4n) is 3.05. The normalized spacial score (nSPS) is 10.9. The maximum absolute atomic E-state index is 6.43. The van der Waals surface area contributed by atoms with Crippen molar-refractivity contribution in [2.24, 2.45) is 0 Å². The number of aromatic nitrogens is 2. The Kier molecular flexibility index (Phi) is 5.23. The standard InChI is InChI=1S/C22H16Cl2N2O/c23-17-8-9-18(20(24)13-17)22-19(11-16-7-4-10-25-14-16)21(27-26-22)12-15-5-2-1-3-6-15/h1-10,13-14H,11-12H2. The Morgan fingerprint density at radius 2 is 1.67 bits per heavy atom. The molecule has 0 atom stereocenters. The van der Waals surface area contributed by atoms with E-state index in [9.17, 15) is 0 Å². The predicted octanol–water partition coefficient (Wildman–Crippen LogP) is 6.23. The summed E-state index contributed by atoms with van der Waals surface area (Å²) >= 11 is 12.5. The van der Waals surface area contributed by atoms with Crippen LogP contribution in [0.4, 0.5) is 0 Å². The molecule has 4 aromatic rings. The molecule has 2 aromatic carbocycles. The molecule has 0 saturated heterocycles. The van der Waals surface area contributed by atoms with E-state index in [4.69, 9.17) is 27.7 Å². The Hall–Kier alpha value is -2.62. The average molecular weight is 395 g/mol. The van der Waals surface area contributed by atoms with Crippen LogP contribution >= 0.6 is 23.2 Å². The molecule has 5 heteroatoms. The second-order valence-electron chi connectivity index (χ2n) is 6.26. The summed E-state index contributed by atoms with van der Waals surface area (Å²) in [5.74, 6) is 0.825. The van der Waals surface area contributed by atoms with Gasteiger partial charge in [0.15, 0.2) is 0 Å². The number of halogens is 2. The van der Waals surface area contributed by atoms with Gasteiger partial charge in [0.05, 0.1) is 5.02 Å². The lowest BCUT2D eigenvalue weighted by molar-refractivity contribution is 0.390. The van der Waals surface area contributed by atoms with Crippen LogP contribution in [0.2, 0.25) is 10.0 Å². The predicted molar refractivity (Wildman–Crippen MR) is 108 cm³/mol. The lowest BCUT2D eigenvalue weighted by Crippen LogP contribution is -1.96. The van der Waals surface area contributed by atoms with Crippen LogP contribution in [-0.2, 0) is 12.8 Å². The largest absolute Gasteiger partial charge is 0.360 e. The molecular weight excluding hydrogens is 379 g/mol. The molecule has 2 aromatic heterocycles. The van der Waals surface area contributed by atoms with E-state index in [0.717, 1.165) is 33.7 Å². The van der Waals surface area contributed by atoms with Crippen molar-refractivity contribution in [1.82, 2.24) is 10.1 Å². The van der Waals surface area contributed by atoms with Crippen molar-refractivity contribution in [2.45, 2.75) is 12.8 Å². The third-order valence-electron chi connectivity index (χ3n) is 4.37. The van der Waals surface area contributed by atoms with Gasteiger partial charge in [-0.2, -0.15) is 0 Å². The number of benzene rings is 2. The topological polar surface area (TPSA) is 38.9 Å². The van der Waals surface area contributed by atoms with Gasteiger partial charge in [0.2, 0.25) is 0 Å². The van der Waals surface area contributed by atoms with Crippen LogP contribution in [0.1, 0.15) is 22.5 Å². The van der Waals surface area contributed by atoms with Crippen molar-refractivity contribution in [2.75, 3.05) is 0 Å². The zero-order chi connectivity index (χ0) is 18.6. The van der Waals surface area contributed by atoms with Crippen molar-refractivity contribution in [3.63, 3.8) is 0 Å². The van der Waals surface area contributed by atoms with Gasteiger partial charge in [-0.25, -0.2) is 0 Å². The van der Waals surface area contributed by atoms with Gasteiger partial charge < -0.3 is 4.52 Å². The number of pyridine rings is 1. The van der Waals surface area contributed by atoms with E-state index < -0.39 is 0 Å². The van der Waals surface area contributed by atoms with Crippen LogP contribution in [0.5, 0.6) is 0 Å². The Morgan fingerprint density at radius 1 is 0.852 bits per heavy atom. The highest BCUT2D eigenvalue weighted by atomic mass is 35.5. The Labute approximate surface area is 167 Å². The van der Waals surface area contributed by atoms with E-state index in [0.29, 0.717) is 22.9 Å². The summed E-state index contributed by atoms with van der Waals surface area (Å²) in [7, 11) is 0. The summed E-state index contributed by atoms with van der Waals surface area (Å²) in [6.45, 7) is 0. The highest BCUT2D eigenvalue weighted by molar-refractivity contribution is 6.36. The van der Waals surface area contributed by atoms with Crippen LogP contribution in [-0.4, -0.2) is 10.1 Å². The maximum atomic E-state index is 6.43. The minimum atomic E-state index is 0.550. The van der Waals surface area contributed by atoms with E-state index >= 15 is 0 Å². The molecule has 4 rings (SSSR count). The van der Waals surface area contributed by atoms with Crippen molar-refractivity contribution in [1.29, 1.82) is 0 Å². The van der Waals surface area contributed by atoms with E-state index in [1.807, 2.05) is 48.7 Å². The summed E-state index contributed by atoms with van der Waals surface area (Å²) in [4.78, 5) is 4.22. The first kappa shape index (κ1) is 17.8. The molecule has 0 aliphatic heterocycles. The van der Waals surface area contributed by atoms with Gasteiger partial charge in [-0.05, 0) is 35.4 Å². The summed E-state index contributed by atoms with van der Waals surface area (Å²) < 4.78 is 5.75. The van der Waals surface area contributed by atoms with Gasteiger partial charge in [0.1, 0.15) is 11.5 Å². The number of hydrogen-bond donors (Lipinski definition) is 0. The van der Waals surface area contributed by atoms with Crippen molar-refractivity contribution >= 4 is 23.2 Å². The lowest BCUT2D eigenvalue weighted by atomic mass is 9.97. The Bertz CT molecular complexity index is 1050. The molecule has 27 heavy (non-hydrogen) atoms. The van der Waals surface area contributed by atoms with Crippen molar-refractivity contribution in [3.05, 3.63) is 106 Å². The van der Waals surface area contributed by atoms with Crippen LogP contribution in [0.15, 0.2) is 77.6 Å². The zero-order valence-electron chi connectivity index (χ0n) is 14.4. The van der Waals surface area contributed by atoms with Crippen LogP contribution in [0.3, 0.4) is 0 Å². The highest BCUT2D eigenvalue weighted by Crippen LogP contribution is 2.34. The highest BCUT2D eigenvalue weighted by Gasteiger charge is 2.20. The fourth-order valence-corrected chi connectivity index (χ4v) is 3.54. The quantitative estimate of drug-likeness (QED) is 0.402. The molecule has 0 unspecified atom stereocenters. The van der Waals surface area contributed by atoms with Crippen LogP contribution < -0.4 is 0 Å². The first-order valence-electron chi connectivity index (χ1n) is 8.56. The SMILES string of the molecule is Clc1ccc(-c2noc(Cc3ccccc3)c2Cc2cccnc2)c(Cl)c1. The van der Waals surface area contributed by atoms with Gasteiger partial charge in [0, 0.05) is 41.4 Å². The van der Waals surface area contributed by atoms with E-state index in [1.165, 1.54) is 0 Å². The number of rotatable bonds is 5. The molecule has 134 valence electrons. The average Bonchev–Trinajstić information content (AvgIpc) is 3.05. The second-order valence-corrected chi connectivity index (χ2v) is 7.10. The lowest BCUT2D eigenvalue weighted by Gasteiger charge is -2.07.